The van der Waals surface area contributed by atoms with Gasteiger partial charge in [-0.05, 0) is 42.7 Å². The average Bonchev–Trinajstić information content (AvgIpc) is 2.75. The van der Waals surface area contributed by atoms with Gasteiger partial charge in [0.1, 0.15) is 12.1 Å². The molecule has 0 aliphatic carbocycles. The highest BCUT2D eigenvalue weighted by molar-refractivity contribution is 6.06. The van der Waals surface area contributed by atoms with E-state index in [1.165, 1.54) is 5.57 Å². The summed E-state index contributed by atoms with van der Waals surface area (Å²) in [6.45, 7) is 3.15. The van der Waals surface area contributed by atoms with Crippen LogP contribution >= 0.6 is 0 Å². The monoisotopic (exact) mass is 391 g/mol. The fourth-order valence-corrected chi connectivity index (χ4v) is 4.47. The average molecular weight is 391 g/mol. The van der Waals surface area contributed by atoms with Crippen LogP contribution in [-0.2, 0) is 4.79 Å². The molecule has 0 saturated carbocycles. The topological polar surface area (TPSA) is 62.8 Å². The van der Waals surface area contributed by atoms with Gasteiger partial charge in [0.05, 0.1) is 18.5 Å². The molecule has 0 bridgehead atoms. The number of hydrogen-bond acceptors (Lipinski definition) is 5. The van der Waals surface area contributed by atoms with E-state index in [0.29, 0.717) is 6.61 Å². The summed E-state index contributed by atoms with van der Waals surface area (Å²) in [4.78, 5) is 15.2. The van der Waals surface area contributed by atoms with E-state index in [1.54, 1.807) is 7.11 Å². The standard InChI is InChI=1S/C23H25N3O3/c1-28-20-8-4-5-17-13-16(15-29-21(17)20)14-26-11-9-23(10-12-26)22(27)24-18-6-2-3-7-19(18)25-23/h2-8,13,25H,9-12,14-15H2,1H3,(H,24,27). The molecule has 1 spiro atoms. The van der Waals surface area contributed by atoms with Gasteiger partial charge in [0.25, 0.3) is 0 Å². The van der Waals surface area contributed by atoms with Gasteiger partial charge in [0.15, 0.2) is 11.5 Å². The number of carbonyl (C=O) groups is 1. The van der Waals surface area contributed by atoms with E-state index in [1.807, 2.05) is 36.4 Å². The fraction of sp³-hybridized carbons (Fsp3) is 0.348. The number of para-hydroxylation sites is 3. The summed E-state index contributed by atoms with van der Waals surface area (Å²) in [6.07, 6.45) is 3.77. The second-order valence-electron chi connectivity index (χ2n) is 7.95. The molecular weight excluding hydrogens is 366 g/mol. The van der Waals surface area contributed by atoms with E-state index in [9.17, 15) is 4.79 Å². The number of likely N-dealkylation sites (tertiary alicyclic amines) is 1. The zero-order valence-electron chi connectivity index (χ0n) is 16.5. The minimum Gasteiger partial charge on any atom is -0.493 e. The lowest BCUT2D eigenvalue weighted by Gasteiger charge is -2.44. The first-order valence-corrected chi connectivity index (χ1v) is 10.1. The van der Waals surface area contributed by atoms with E-state index in [0.717, 1.165) is 60.9 Å². The maximum Gasteiger partial charge on any atom is 0.250 e. The van der Waals surface area contributed by atoms with Crippen LogP contribution in [0.4, 0.5) is 11.4 Å². The Hall–Kier alpha value is -2.99. The van der Waals surface area contributed by atoms with Crippen molar-refractivity contribution in [3.05, 3.63) is 53.6 Å². The summed E-state index contributed by atoms with van der Waals surface area (Å²) in [5, 5.41) is 6.60. The van der Waals surface area contributed by atoms with Gasteiger partial charge in [-0.25, -0.2) is 0 Å². The predicted molar refractivity (Wildman–Crippen MR) is 114 cm³/mol. The van der Waals surface area contributed by atoms with Gasteiger partial charge in [-0.15, -0.1) is 0 Å². The molecule has 2 aromatic carbocycles. The summed E-state index contributed by atoms with van der Waals surface area (Å²) >= 11 is 0. The van der Waals surface area contributed by atoms with Gasteiger partial charge in [-0.1, -0.05) is 24.3 Å². The molecule has 29 heavy (non-hydrogen) atoms. The summed E-state index contributed by atoms with van der Waals surface area (Å²) in [6, 6.07) is 13.8. The third kappa shape index (κ3) is 3.23. The Labute approximate surface area is 170 Å². The molecular formula is C23H25N3O3. The lowest BCUT2D eigenvalue weighted by molar-refractivity contribution is -0.122. The van der Waals surface area contributed by atoms with Crippen molar-refractivity contribution in [3.8, 4) is 11.5 Å². The van der Waals surface area contributed by atoms with Crippen molar-refractivity contribution >= 4 is 23.4 Å². The van der Waals surface area contributed by atoms with Crippen LogP contribution in [0.3, 0.4) is 0 Å². The summed E-state index contributed by atoms with van der Waals surface area (Å²) in [7, 11) is 1.66. The number of nitrogens with zero attached hydrogens (tertiary/aromatic N) is 1. The van der Waals surface area contributed by atoms with E-state index in [-0.39, 0.29) is 5.91 Å². The molecule has 2 aromatic rings. The maximum atomic E-state index is 12.8. The summed E-state index contributed by atoms with van der Waals surface area (Å²) in [5.74, 6) is 1.67. The van der Waals surface area contributed by atoms with E-state index >= 15 is 0 Å². The zero-order chi connectivity index (χ0) is 19.8. The lowest BCUT2D eigenvalue weighted by Crippen LogP contribution is -2.58. The first-order chi connectivity index (χ1) is 14.2. The molecule has 1 amide bonds. The van der Waals surface area contributed by atoms with Crippen LogP contribution in [0.2, 0.25) is 0 Å². The molecule has 1 fully saturated rings. The van der Waals surface area contributed by atoms with Crippen molar-refractivity contribution in [2.75, 3.05) is 44.0 Å². The van der Waals surface area contributed by atoms with Crippen LogP contribution in [0, 0.1) is 0 Å². The Kier molecular flexibility index (Phi) is 4.43. The number of carbonyl (C=O) groups excluding carboxylic acids is 1. The van der Waals surface area contributed by atoms with Gasteiger partial charge >= 0.3 is 0 Å². The molecule has 5 rings (SSSR count). The van der Waals surface area contributed by atoms with Crippen LogP contribution in [0.1, 0.15) is 18.4 Å². The number of rotatable bonds is 3. The fourth-order valence-electron chi connectivity index (χ4n) is 4.47. The SMILES string of the molecule is COc1cccc2c1OCC(CN1CCC3(CC1)Nc1ccccc1NC3=O)=C2. The van der Waals surface area contributed by atoms with E-state index in [2.05, 4.69) is 27.7 Å². The second-order valence-corrected chi connectivity index (χ2v) is 7.95. The van der Waals surface area contributed by atoms with Crippen LogP contribution < -0.4 is 20.1 Å². The largest absolute Gasteiger partial charge is 0.493 e. The highest BCUT2D eigenvalue weighted by Crippen LogP contribution is 2.38. The minimum absolute atomic E-state index is 0.0806. The smallest absolute Gasteiger partial charge is 0.250 e. The zero-order valence-corrected chi connectivity index (χ0v) is 16.5. The Balaban J connectivity index is 1.26. The number of nitrogens with one attached hydrogen (secondary N) is 2. The molecule has 150 valence electrons. The van der Waals surface area contributed by atoms with Gasteiger partial charge in [-0.3, -0.25) is 9.69 Å². The second kappa shape index (κ2) is 7.12. The van der Waals surface area contributed by atoms with Crippen LogP contribution in [0.15, 0.2) is 48.0 Å². The predicted octanol–water partition coefficient (Wildman–Crippen LogP) is 3.37. The van der Waals surface area contributed by atoms with E-state index < -0.39 is 5.54 Å². The number of benzene rings is 2. The summed E-state index contributed by atoms with van der Waals surface area (Å²) in [5.41, 5.74) is 3.66. The van der Waals surface area contributed by atoms with Crippen molar-refractivity contribution in [1.82, 2.24) is 4.90 Å². The van der Waals surface area contributed by atoms with Gasteiger partial charge in [-0.2, -0.15) is 0 Å². The number of piperidine rings is 1. The van der Waals surface area contributed by atoms with Crippen molar-refractivity contribution in [1.29, 1.82) is 0 Å². The summed E-state index contributed by atoms with van der Waals surface area (Å²) < 4.78 is 11.4. The van der Waals surface area contributed by atoms with Crippen LogP contribution in [0.25, 0.3) is 6.08 Å². The molecule has 0 atom stereocenters. The molecule has 0 aromatic heterocycles. The molecule has 0 unspecified atom stereocenters. The van der Waals surface area contributed by atoms with E-state index in [4.69, 9.17) is 9.47 Å². The van der Waals surface area contributed by atoms with Crippen molar-refractivity contribution in [2.45, 2.75) is 18.4 Å². The highest BCUT2D eigenvalue weighted by atomic mass is 16.5. The number of ether oxygens (including phenoxy) is 2. The maximum absolute atomic E-state index is 12.8. The van der Waals surface area contributed by atoms with Crippen molar-refractivity contribution in [2.24, 2.45) is 0 Å². The first-order valence-electron chi connectivity index (χ1n) is 10.1. The van der Waals surface area contributed by atoms with Gasteiger partial charge < -0.3 is 20.1 Å². The third-order valence-corrected chi connectivity index (χ3v) is 6.11. The molecule has 3 heterocycles. The minimum atomic E-state index is -0.512. The van der Waals surface area contributed by atoms with Crippen LogP contribution in [0.5, 0.6) is 11.5 Å². The molecule has 6 nitrogen and oxygen atoms in total. The Morgan fingerprint density at radius 3 is 2.69 bits per heavy atom. The Morgan fingerprint density at radius 1 is 1.10 bits per heavy atom. The molecule has 3 aliphatic heterocycles. The number of fused-ring (bicyclic) bond motifs is 2. The molecule has 1 saturated heterocycles. The Morgan fingerprint density at radius 2 is 1.90 bits per heavy atom. The molecule has 6 heteroatoms. The third-order valence-electron chi connectivity index (χ3n) is 6.11. The number of amides is 1. The first kappa shape index (κ1) is 18.1. The van der Waals surface area contributed by atoms with Gasteiger partial charge in [0.2, 0.25) is 5.91 Å². The number of anilines is 2. The quantitative estimate of drug-likeness (QED) is 0.840. The van der Waals surface area contributed by atoms with Gasteiger partial charge in [0, 0.05) is 25.2 Å². The molecule has 0 radical (unpaired) electrons. The van der Waals surface area contributed by atoms with Crippen molar-refractivity contribution < 1.29 is 14.3 Å². The molecule has 3 aliphatic rings. The highest BCUT2D eigenvalue weighted by Gasteiger charge is 2.44. The lowest BCUT2D eigenvalue weighted by atomic mass is 9.84. The Bertz CT molecular complexity index is 977. The number of hydrogen-bond donors (Lipinski definition) is 2. The number of methoxy groups -OCH3 is 1. The van der Waals surface area contributed by atoms with Crippen LogP contribution in [-0.4, -0.2) is 49.7 Å². The van der Waals surface area contributed by atoms with Crippen molar-refractivity contribution in [3.63, 3.8) is 0 Å². The molecule has 2 N–H and O–H groups in total. The normalized spacial score (nSPS) is 19.9.